The minimum absolute atomic E-state index is 0.296. The molecule has 0 aromatic heterocycles. The molecule has 0 aromatic rings. The first-order chi connectivity index (χ1) is 12.1. The van der Waals surface area contributed by atoms with Crippen molar-refractivity contribution in [3.8, 4) is 0 Å². The van der Waals surface area contributed by atoms with Crippen LogP contribution in [0, 0.1) is 0 Å². The number of aliphatic imine (C=N–C) groups is 1. The van der Waals surface area contributed by atoms with E-state index in [-0.39, 0.29) is 12.8 Å². The second kappa shape index (κ2) is 17.0. The number of unbranched alkanes of at least 4 members (excludes halogenated alkanes) is 8. The minimum atomic E-state index is -1.08. The van der Waals surface area contributed by atoms with E-state index in [1.807, 2.05) is 6.34 Å². The Morgan fingerprint density at radius 1 is 1.00 bits per heavy atom. The van der Waals surface area contributed by atoms with Crippen LogP contribution in [0.2, 0.25) is 0 Å². The molecule has 1 heterocycles. The molecule has 0 fully saturated rings. The van der Waals surface area contributed by atoms with Gasteiger partial charge in [0.05, 0.1) is 25.7 Å². The Bertz CT molecular complexity index is 394. The van der Waals surface area contributed by atoms with Crippen molar-refractivity contribution >= 4 is 18.3 Å². The number of hydrogen-bond donors (Lipinski definition) is 2. The molecule has 1 rings (SSSR count). The average Bonchev–Trinajstić information content (AvgIpc) is 3.09. The molecular formula is C19H34N2O4. The minimum Gasteiger partial charge on any atom is -0.481 e. The molecule has 0 amide bonds. The highest BCUT2D eigenvalue weighted by atomic mass is 16.4. The summed E-state index contributed by atoms with van der Waals surface area (Å²) in [6.45, 7) is 4.30. The van der Waals surface area contributed by atoms with E-state index in [1.54, 1.807) is 0 Å². The molecule has 1 aliphatic heterocycles. The van der Waals surface area contributed by atoms with Gasteiger partial charge in [-0.15, -0.1) is 0 Å². The van der Waals surface area contributed by atoms with E-state index in [0.29, 0.717) is 0 Å². The highest BCUT2D eigenvalue weighted by Crippen LogP contribution is 2.09. The summed E-state index contributed by atoms with van der Waals surface area (Å²) in [6.07, 6.45) is 18.3. The lowest BCUT2D eigenvalue weighted by atomic mass is 10.1. The predicted molar refractivity (Wildman–Crippen MR) is 101 cm³/mol. The molecule has 144 valence electrons. The maximum Gasteiger partial charge on any atom is 0.303 e. The van der Waals surface area contributed by atoms with Crippen LogP contribution < -0.4 is 0 Å². The van der Waals surface area contributed by atoms with Crippen molar-refractivity contribution in [2.75, 3.05) is 13.1 Å². The molecular weight excluding hydrogens is 320 g/mol. The molecule has 0 atom stereocenters. The summed E-state index contributed by atoms with van der Waals surface area (Å²) in [7, 11) is 0. The van der Waals surface area contributed by atoms with Crippen LogP contribution in [0.4, 0.5) is 0 Å². The van der Waals surface area contributed by atoms with Gasteiger partial charge in [-0.1, -0.05) is 57.9 Å². The summed E-state index contributed by atoms with van der Waals surface area (Å²) in [5.74, 6) is -2.15. The van der Waals surface area contributed by atoms with Gasteiger partial charge in [0.2, 0.25) is 0 Å². The number of allylic oxidation sites excluding steroid dienone is 1. The van der Waals surface area contributed by atoms with E-state index in [0.717, 1.165) is 13.1 Å². The summed E-state index contributed by atoms with van der Waals surface area (Å²) < 4.78 is 0. The first-order valence-electron chi connectivity index (χ1n) is 9.42. The number of nitrogens with zero attached hydrogens (tertiary/aromatic N) is 2. The third-order valence-corrected chi connectivity index (χ3v) is 3.79. The number of carboxylic acid groups (broad SMARTS) is 2. The summed E-state index contributed by atoms with van der Waals surface area (Å²) in [6, 6.07) is 0. The van der Waals surface area contributed by atoms with Crippen LogP contribution in [-0.2, 0) is 9.59 Å². The van der Waals surface area contributed by atoms with Crippen LogP contribution >= 0.6 is 0 Å². The molecule has 2 N–H and O–H groups in total. The normalized spacial score (nSPS) is 13.1. The standard InChI is InChI=1S/C15H28N2.C4H6O4/c1-2-3-4-5-6-7-8-9-10-11-13-17-14-12-16-15-17;5-3(6)1-2-4(7)8/h11,13,15H,2-10,12,14H2,1H3;1-2H2,(H,5,6)(H,7,8). The van der Waals surface area contributed by atoms with Crippen molar-refractivity contribution in [2.24, 2.45) is 4.99 Å². The molecule has 1 aliphatic rings. The van der Waals surface area contributed by atoms with Gasteiger partial charge in [-0.2, -0.15) is 0 Å². The number of aliphatic carboxylic acids is 2. The monoisotopic (exact) mass is 354 g/mol. The second-order valence-electron chi connectivity index (χ2n) is 6.20. The molecule has 6 nitrogen and oxygen atoms in total. The fraction of sp³-hybridized carbons (Fsp3) is 0.737. The van der Waals surface area contributed by atoms with E-state index in [2.05, 4.69) is 29.1 Å². The highest BCUT2D eigenvalue weighted by Gasteiger charge is 2.00. The van der Waals surface area contributed by atoms with Gasteiger partial charge in [0, 0.05) is 12.7 Å². The van der Waals surface area contributed by atoms with Gasteiger partial charge in [0.25, 0.3) is 0 Å². The van der Waals surface area contributed by atoms with Gasteiger partial charge >= 0.3 is 11.9 Å². The maximum absolute atomic E-state index is 9.64. The van der Waals surface area contributed by atoms with E-state index in [1.165, 1.54) is 57.8 Å². The summed E-state index contributed by atoms with van der Waals surface area (Å²) in [5.41, 5.74) is 0. The first kappa shape index (κ1) is 23.1. The van der Waals surface area contributed by atoms with Gasteiger partial charge in [-0.25, -0.2) is 0 Å². The van der Waals surface area contributed by atoms with E-state index < -0.39 is 11.9 Å². The lowest BCUT2D eigenvalue weighted by Gasteiger charge is -2.05. The van der Waals surface area contributed by atoms with Crippen molar-refractivity contribution in [1.29, 1.82) is 0 Å². The third-order valence-electron chi connectivity index (χ3n) is 3.79. The lowest BCUT2D eigenvalue weighted by molar-refractivity contribution is -0.143. The number of carboxylic acids is 2. The number of rotatable bonds is 13. The fourth-order valence-electron chi connectivity index (χ4n) is 2.33. The molecule has 0 aliphatic carbocycles. The van der Waals surface area contributed by atoms with E-state index in [9.17, 15) is 9.59 Å². The lowest BCUT2D eigenvalue weighted by Crippen LogP contribution is -2.10. The summed E-state index contributed by atoms with van der Waals surface area (Å²) in [5, 5.41) is 15.8. The molecule has 0 aromatic carbocycles. The molecule has 0 radical (unpaired) electrons. The van der Waals surface area contributed by atoms with Crippen molar-refractivity contribution in [2.45, 2.75) is 77.6 Å². The third kappa shape index (κ3) is 18.3. The van der Waals surface area contributed by atoms with E-state index in [4.69, 9.17) is 10.2 Å². The van der Waals surface area contributed by atoms with Crippen LogP contribution in [0.1, 0.15) is 77.6 Å². The zero-order valence-corrected chi connectivity index (χ0v) is 15.5. The summed E-state index contributed by atoms with van der Waals surface area (Å²) >= 11 is 0. The Kier molecular flexibility index (Phi) is 15.7. The second-order valence-corrected chi connectivity index (χ2v) is 6.20. The van der Waals surface area contributed by atoms with Crippen molar-refractivity contribution in [3.05, 3.63) is 12.3 Å². The largest absolute Gasteiger partial charge is 0.481 e. The number of carbonyl (C=O) groups is 2. The van der Waals surface area contributed by atoms with Crippen LogP contribution in [0.25, 0.3) is 0 Å². The molecule has 0 saturated carbocycles. The Morgan fingerprint density at radius 3 is 2.04 bits per heavy atom. The van der Waals surface area contributed by atoms with Gasteiger partial charge in [0.15, 0.2) is 0 Å². The Morgan fingerprint density at radius 2 is 1.56 bits per heavy atom. The molecule has 25 heavy (non-hydrogen) atoms. The zero-order valence-electron chi connectivity index (χ0n) is 15.5. The first-order valence-corrected chi connectivity index (χ1v) is 9.42. The average molecular weight is 354 g/mol. The Hall–Kier alpha value is -1.85. The van der Waals surface area contributed by atoms with Crippen LogP contribution in [-0.4, -0.2) is 46.5 Å². The number of hydrogen-bond acceptors (Lipinski definition) is 4. The van der Waals surface area contributed by atoms with Gasteiger partial charge in [0.1, 0.15) is 0 Å². The zero-order chi connectivity index (χ0) is 18.8. The summed E-state index contributed by atoms with van der Waals surface area (Å²) in [4.78, 5) is 25.6. The van der Waals surface area contributed by atoms with Crippen LogP contribution in [0.3, 0.4) is 0 Å². The smallest absolute Gasteiger partial charge is 0.303 e. The van der Waals surface area contributed by atoms with Crippen molar-refractivity contribution < 1.29 is 19.8 Å². The van der Waals surface area contributed by atoms with Crippen LogP contribution in [0.5, 0.6) is 0 Å². The van der Waals surface area contributed by atoms with Crippen molar-refractivity contribution in [3.63, 3.8) is 0 Å². The maximum atomic E-state index is 9.64. The van der Waals surface area contributed by atoms with Gasteiger partial charge in [-0.05, 0) is 12.8 Å². The SMILES string of the molecule is CCCCCCCCCCC=CN1C=NCC1.O=C(O)CCC(=O)O. The van der Waals surface area contributed by atoms with Crippen LogP contribution in [0.15, 0.2) is 17.3 Å². The highest BCUT2D eigenvalue weighted by molar-refractivity contribution is 5.75. The van der Waals surface area contributed by atoms with E-state index >= 15 is 0 Å². The predicted octanol–water partition coefficient (Wildman–Crippen LogP) is 4.31. The Balaban J connectivity index is 0.000000609. The molecule has 0 unspecified atom stereocenters. The molecule has 6 heteroatoms. The topological polar surface area (TPSA) is 90.2 Å². The van der Waals surface area contributed by atoms with Gasteiger partial charge in [-0.3, -0.25) is 14.6 Å². The fourth-order valence-corrected chi connectivity index (χ4v) is 2.33. The molecule has 0 bridgehead atoms. The quantitative estimate of drug-likeness (QED) is 0.481. The molecule has 0 spiro atoms. The molecule has 0 saturated heterocycles. The Labute approximate surface area is 151 Å². The van der Waals surface area contributed by atoms with Crippen molar-refractivity contribution in [1.82, 2.24) is 4.90 Å². The van der Waals surface area contributed by atoms with Gasteiger partial charge < -0.3 is 15.1 Å².